The zero-order chi connectivity index (χ0) is 56.5. The molecule has 0 unspecified atom stereocenters. The Morgan fingerprint density at radius 3 is 1.52 bits per heavy atom. The van der Waals surface area contributed by atoms with Crippen LogP contribution in [0.4, 0.5) is 0 Å². The maximum atomic E-state index is 14.9. The topological polar surface area (TPSA) is 234 Å². The lowest BCUT2D eigenvalue weighted by molar-refractivity contribution is -0.146. The van der Waals surface area contributed by atoms with Crippen LogP contribution in [0.15, 0.2) is 72.8 Å². The number of aryl methyl sites for hydroxylation is 2. The standard InChI is InChI=1S/C62H82N8O10/c1-5-37(2)56(72)68-55(42-26-30-80-31-27-42)62(78)70-36-46(33-53(70)60(76)67-51-19-11-15-40-13-7-9-17-48(40)51)65-58(74)44-22-20-43(21-23-44)57(73)64-45-32-52(59(75)66-50-18-10-14-39-12-6-8-16-47(39)50)69(35-45)61(77)49(34-54(71)38(3)63-4)41-24-28-79-29-25-41/h6-9,12-13,16-17,20-23,37-38,41-42,45-46,49-53,55,63H,5,10-11,14-15,18-19,24-36H2,1-4H3,(H,64,73)(H,65,74)(H,66,75)(H,67,76)(H,68,72)/t37-,38+,45+,46+,49+,50-,51-,52+,53+,55+/m1/s1. The van der Waals surface area contributed by atoms with Crippen LogP contribution in [0.25, 0.3) is 0 Å². The molecule has 3 aromatic rings. The van der Waals surface area contributed by atoms with Crippen molar-refractivity contribution in [2.75, 3.05) is 46.6 Å². The molecule has 3 aromatic carbocycles. The van der Waals surface area contributed by atoms with Crippen LogP contribution in [0.2, 0.25) is 0 Å². The third-order valence-electron chi connectivity index (χ3n) is 18.1. The highest BCUT2D eigenvalue weighted by Crippen LogP contribution is 2.35. The van der Waals surface area contributed by atoms with E-state index in [0.717, 1.165) is 49.7 Å². The average molecular weight is 1100 g/mol. The second-order valence-electron chi connectivity index (χ2n) is 23.2. The average Bonchev–Trinajstić information content (AvgIpc) is 4.12. The lowest BCUT2D eigenvalue weighted by Gasteiger charge is -2.35. The first-order valence-electron chi connectivity index (χ1n) is 29.5. The number of ether oxygens (including phenoxy) is 2. The minimum Gasteiger partial charge on any atom is -0.381 e. The van der Waals surface area contributed by atoms with E-state index in [1.807, 2.05) is 50.2 Å². The summed E-state index contributed by atoms with van der Waals surface area (Å²) in [7, 11) is 1.71. The van der Waals surface area contributed by atoms with Gasteiger partial charge in [0.15, 0.2) is 0 Å². The summed E-state index contributed by atoms with van der Waals surface area (Å²) in [5, 5.41) is 18.7. The summed E-state index contributed by atoms with van der Waals surface area (Å²) >= 11 is 0. The van der Waals surface area contributed by atoms with Gasteiger partial charge >= 0.3 is 0 Å². The smallest absolute Gasteiger partial charge is 0.251 e. The molecule has 18 nitrogen and oxygen atoms in total. The fourth-order valence-corrected chi connectivity index (χ4v) is 13.0. The van der Waals surface area contributed by atoms with Crippen LogP contribution in [0.5, 0.6) is 0 Å². The van der Waals surface area contributed by atoms with Crippen molar-refractivity contribution in [3.8, 4) is 0 Å². The molecule has 4 fully saturated rings. The summed E-state index contributed by atoms with van der Waals surface area (Å²) in [4.78, 5) is 117. The third kappa shape index (κ3) is 13.6. The Labute approximate surface area is 470 Å². The number of likely N-dealkylation sites (N-methyl/N-ethyl adjacent to an activating group) is 1. The normalized spacial score (nSPS) is 24.7. The van der Waals surface area contributed by atoms with Gasteiger partial charge in [-0.3, -0.25) is 38.4 Å². The first-order valence-corrected chi connectivity index (χ1v) is 29.5. The van der Waals surface area contributed by atoms with Gasteiger partial charge in [-0.25, -0.2) is 0 Å². The number of likely N-dealkylation sites (tertiary alicyclic amines) is 2. The van der Waals surface area contributed by atoms with Crippen molar-refractivity contribution in [3.05, 3.63) is 106 Å². The summed E-state index contributed by atoms with van der Waals surface area (Å²) < 4.78 is 11.3. The van der Waals surface area contributed by atoms with E-state index in [-0.39, 0.29) is 109 Å². The Bertz CT molecular complexity index is 2540. The molecule has 6 N–H and O–H groups in total. The number of carbonyl (C=O) groups is 8. The van der Waals surface area contributed by atoms with Gasteiger partial charge in [-0.15, -0.1) is 0 Å². The van der Waals surface area contributed by atoms with Crippen molar-refractivity contribution >= 4 is 47.1 Å². The van der Waals surface area contributed by atoms with Crippen LogP contribution >= 0.6 is 0 Å². The molecular weight excluding hydrogens is 1020 g/mol. The van der Waals surface area contributed by atoms with Crippen LogP contribution in [-0.2, 0) is 51.1 Å². The van der Waals surface area contributed by atoms with E-state index in [0.29, 0.717) is 58.5 Å². The summed E-state index contributed by atoms with van der Waals surface area (Å²) in [5.74, 6) is -3.83. The van der Waals surface area contributed by atoms with Gasteiger partial charge in [0.1, 0.15) is 23.9 Å². The molecule has 7 amide bonds. The number of ketones is 1. The van der Waals surface area contributed by atoms with Crippen molar-refractivity contribution in [1.82, 2.24) is 41.7 Å². The molecule has 0 spiro atoms. The van der Waals surface area contributed by atoms with E-state index in [2.05, 4.69) is 44.0 Å². The van der Waals surface area contributed by atoms with Crippen molar-refractivity contribution in [3.63, 3.8) is 0 Å². The van der Waals surface area contributed by atoms with E-state index < -0.39 is 54.0 Å². The minimum absolute atomic E-state index is 0.0153. The molecule has 4 aliphatic heterocycles. The van der Waals surface area contributed by atoms with Crippen LogP contribution < -0.4 is 31.9 Å². The molecule has 9 rings (SSSR count). The second kappa shape index (κ2) is 26.8. The maximum absolute atomic E-state index is 14.9. The molecule has 18 heteroatoms. The number of benzene rings is 3. The molecule has 0 bridgehead atoms. The van der Waals surface area contributed by atoms with Crippen LogP contribution in [0.3, 0.4) is 0 Å². The zero-order valence-electron chi connectivity index (χ0n) is 47.0. The maximum Gasteiger partial charge on any atom is 0.251 e. The second-order valence-corrected chi connectivity index (χ2v) is 23.2. The number of fused-ring (bicyclic) bond motifs is 2. The molecule has 0 saturated carbocycles. The van der Waals surface area contributed by atoms with E-state index in [9.17, 15) is 38.4 Å². The van der Waals surface area contributed by atoms with Gasteiger partial charge in [0.05, 0.1) is 18.1 Å². The lowest BCUT2D eigenvalue weighted by atomic mass is 9.81. The van der Waals surface area contributed by atoms with Crippen molar-refractivity contribution in [2.45, 2.75) is 159 Å². The summed E-state index contributed by atoms with van der Waals surface area (Å²) in [6.07, 6.45) is 8.40. The van der Waals surface area contributed by atoms with Crippen molar-refractivity contribution in [2.24, 2.45) is 23.7 Å². The number of rotatable bonds is 19. The summed E-state index contributed by atoms with van der Waals surface area (Å²) in [5.41, 5.74) is 4.99. The van der Waals surface area contributed by atoms with Gasteiger partial charge in [-0.05, 0) is 156 Å². The molecule has 6 aliphatic rings. The fraction of sp³-hybridized carbons (Fsp3) is 0.581. The van der Waals surface area contributed by atoms with Crippen LogP contribution in [0, 0.1) is 23.7 Å². The molecule has 4 saturated heterocycles. The lowest BCUT2D eigenvalue weighted by Crippen LogP contribution is -2.57. The molecule has 430 valence electrons. The van der Waals surface area contributed by atoms with Crippen molar-refractivity contribution in [1.29, 1.82) is 0 Å². The quantitative estimate of drug-likeness (QED) is 0.0931. The van der Waals surface area contributed by atoms with E-state index >= 15 is 0 Å². The first-order chi connectivity index (χ1) is 38.7. The van der Waals surface area contributed by atoms with Gasteiger partial charge in [0.25, 0.3) is 11.8 Å². The number of nitrogens with one attached hydrogen (secondary N) is 6. The highest BCUT2D eigenvalue weighted by molar-refractivity contribution is 5.99. The number of Topliss-reactive ketones (excluding diaryl/α,β-unsaturated/α-hetero) is 1. The van der Waals surface area contributed by atoms with Crippen molar-refractivity contribution < 1.29 is 47.8 Å². The zero-order valence-corrected chi connectivity index (χ0v) is 47.0. The molecule has 0 radical (unpaired) electrons. The summed E-state index contributed by atoms with van der Waals surface area (Å²) in [6.45, 7) is 7.47. The Kier molecular flexibility index (Phi) is 19.5. The SMILES string of the molecule is CC[C@@H](C)C(=O)N[C@H](C(=O)N1C[C@@H](NC(=O)c2ccc(C(=O)N[C@H]3C[C@@H](C(=O)N[C@@H]4CCCc5ccccc54)N(C(=O)[C@@H](CC(=O)[C@H](C)NC)C4CCOCC4)C3)cc2)C[C@H]1C(=O)N[C@@H]1CCCc2ccccc21)C1CCOCC1. The van der Waals surface area contributed by atoms with Gasteiger partial charge in [-0.2, -0.15) is 0 Å². The molecular formula is C62H82N8O10. The molecule has 10 atom stereocenters. The monoisotopic (exact) mass is 1100 g/mol. The van der Waals surface area contributed by atoms with Gasteiger partial charge in [0.2, 0.25) is 29.5 Å². The minimum atomic E-state index is -0.926. The Morgan fingerprint density at radius 1 is 0.588 bits per heavy atom. The van der Waals surface area contributed by atoms with Crippen LogP contribution in [-0.4, -0.2) is 140 Å². The van der Waals surface area contributed by atoms with E-state index in [4.69, 9.17) is 9.47 Å². The van der Waals surface area contributed by atoms with E-state index in [1.54, 1.807) is 43.1 Å². The first kappa shape index (κ1) is 58.2. The molecule has 80 heavy (non-hydrogen) atoms. The van der Waals surface area contributed by atoms with E-state index in [1.165, 1.54) is 16.0 Å². The number of hydrogen-bond donors (Lipinski definition) is 6. The van der Waals surface area contributed by atoms with Crippen LogP contribution in [0.1, 0.15) is 153 Å². The summed E-state index contributed by atoms with van der Waals surface area (Å²) in [6, 6.07) is 17.4. The number of hydrogen-bond acceptors (Lipinski definition) is 11. The fourth-order valence-electron chi connectivity index (χ4n) is 13.0. The highest BCUT2D eigenvalue weighted by atomic mass is 16.5. The Morgan fingerprint density at radius 2 is 1.05 bits per heavy atom. The van der Waals surface area contributed by atoms with Gasteiger partial charge < -0.3 is 51.2 Å². The Hall–Kier alpha value is -6.50. The molecule has 0 aromatic heterocycles. The number of carbonyl (C=O) groups excluding carboxylic acids is 8. The molecule has 4 heterocycles. The number of nitrogens with zero attached hydrogens (tertiary/aromatic N) is 2. The van der Waals surface area contributed by atoms with Gasteiger partial charge in [-0.1, -0.05) is 62.4 Å². The predicted octanol–water partition coefficient (Wildman–Crippen LogP) is 5.04. The largest absolute Gasteiger partial charge is 0.381 e. The third-order valence-corrected chi connectivity index (χ3v) is 18.1. The Balaban J connectivity index is 0.896. The van der Waals surface area contributed by atoms with Gasteiger partial charge in [0, 0.05) is 81.0 Å². The number of amides is 7. The predicted molar refractivity (Wildman–Crippen MR) is 300 cm³/mol. The molecule has 2 aliphatic carbocycles. The highest BCUT2D eigenvalue weighted by Gasteiger charge is 2.47.